The number of allylic oxidation sites excluding steroid dienone is 2. The third-order valence-electron chi connectivity index (χ3n) is 13.1. The van der Waals surface area contributed by atoms with Crippen LogP contribution in [-0.4, -0.2) is 11.1 Å². The van der Waals surface area contributed by atoms with Crippen LogP contribution in [0.3, 0.4) is 0 Å². The molecule has 4 fully saturated rings. The van der Waals surface area contributed by atoms with Gasteiger partial charge >= 0.3 is 5.97 Å². The molecule has 0 aromatic heterocycles. The van der Waals surface area contributed by atoms with Crippen LogP contribution in [0.1, 0.15) is 113 Å². The molecule has 0 radical (unpaired) electrons. The third-order valence-corrected chi connectivity index (χ3v) is 13.1. The molecule has 2 nitrogen and oxygen atoms in total. The maximum atomic E-state index is 12.7. The number of carboxylic acid groups (broad SMARTS) is 1. The molecule has 4 saturated carbocycles. The van der Waals surface area contributed by atoms with Crippen molar-refractivity contribution in [1.82, 2.24) is 0 Å². The summed E-state index contributed by atoms with van der Waals surface area (Å²) in [5, 5.41) is 10.5. The lowest BCUT2D eigenvalue weighted by atomic mass is 9.34. The number of aliphatic carboxylic acids is 1. The Morgan fingerprint density at radius 2 is 1.62 bits per heavy atom. The largest absolute Gasteiger partial charge is 0.481 e. The molecule has 1 N–H and O–H groups in total. The number of fused-ring (bicyclic) bond motifs is 7. The molecule has 2 heteroatoms. The minimum atomic E-state index is -0.515. The molecular weight excluding hydrogens is 392 g/mol. The van der Waals surface area contributed by atoms with Gasteiger partial charge in [-0.1, -0.05) is 60.1 Å². The van der Waals surface area contributed by atoms with Crippen LogP contribution in [0, 0.1) is 56.7 Å². The van der Waals surface area contributed by atoms with Crippen molar-refractivity contribution in [2.24, 2.45) is 56.7 Å². The van der Waals surface area contributed by atoms with Crippen LogP contribution in [0.4, 0.5) is 0 Å². The van der Waals surface area contributed by atoms with Crippen LogP contribution in [0.25, 0.3) is 0 Å². The van der Waals surface area contributed by atoms with Gasteiger partial charge in [-0.2, -0.15) is 0 Å². The lowest BCUT2D eigenvalue weighted by molar-refractivity contribution is -0.182. The molecule has 5 unspecified atom stereocenters. The first-order valence-electron chi connectivity index (χ1n) is 13.7. The Hall–Kier alpha value is -0.790. The van der Waals surface area contributed by atoms with E-state index in [1.54, 1.807) is 5.57 Å². The zero-order valence-electron chi connectivity index (χ0n) is 21.9. The maximum absolute atomic E-state index is 12.7. The van der Waals surface area contributed by atoms with E-state index in [4.69, 9.17) is 0 Å². The summed E-state index contributed by atoms with van der Waals surface area (Å²) < 4.78 is 0. The van der Waals surface area contributed by atoms with Gasteiger partial charge in [0.15, 0.2) is 0 Å². The van der Waals surface area contributed by atoms with Crippen LogP contribution in [0.15, 0.2) is 11.6 Å². The van der Waals surface area contributed by atoms with Gasteiger partial charge in [-0.15, -0.1) is 0 Å². The van der Waals surface area contributed by atoms with Crippen LogP contribution in [0.5, 0.6) is 0 Å². The summed E-state index contributed by atoms with van der Waals surface area (Å²) in [6, 6.07) is 0. The molecule has 0 aromatic carbocycles. The molecular formula is C30H48O2. The van der Waals surface area contributed by atoms with Gasteiger partial charge in [0.25, 0.3) is 0 Å². The van der Waals surface area contributed by atoms with Crippen molar-refractivity contribution < 1.29 is 9.90 Å². The maximum Gasteiger partial charge on any atom is 0.310 e. The summed E-state index contributed by atoms with van der Waals surface area (Å²) in [6.45, 7) is 17.6. The lowest BCUT2D eigenvalue weighted by Crippen LogP contribution is -2.63. The average molecular weight is 441 g/mol. The fraction of sp³-hybridized carbons (Fsp3) is 0.900. The fourth-order valence-corrected chi connectivity index (χ4v) is 10.4. The van der Waals surface area contributed by atoms with Gasteiger partial charge in [0, 0.05) is 0 Å². The summed E-state index contributed by atoms with van der Waals surface area (Å²) in [6.07, 6.45) is 14.2. The highest BCUT2D eigenvalue weighted by molar-refractivity contribution is 5.76. The monoisotopic (exact) mass is 440 g/mol. The average Bonchev–Trinajstić information content (AvgIpc) is 2.71. The standard InChI is InChI=1S/C30H48O2/c1-19-10-12-27(5)21(20(19)2)11-13-29(7)24(27)9-8-22-23-18-26(3,4)14-16-30(23,25(31)32)17-15-28(22,29)6/h8,19-21,23-24H,9-18H2,1-7H3,(H,31,32)/t19-,20?,21-,23?,24?,27?,28+,29-,30?/m0/s1. The number of carbonyl (C=O) groups is 1. The van der Waals surface area contributed by atoms with Crippen molar-refractivity contribution in [2.75, 3.05) is 0 Å². The van der Waals surface area contributed by atoms with Crippen LogP contribution in [-0.2, 0) is 4.79 Å². The van der Waals surface area contributed by atoms with Gasteiger partial charge in [0.2, 0.25) is 0 Å². The third kappa shape index (κ3) is 2.73. The van der Waals surface area contributed by atoms with Crippen molar-refractivity contribution in [3.63, 3.8) is 0 Å². The highest BCUT2D eigenvalue weighted by Crippen LogP contribution is 2.75. The highest BCUT2D eigenvalue weighted by Gasteiger charge is 2.68. The first-order chi connectivity index (χ1) is 14.8. The molecule has 0 amide bonds. The number of hydrogen-bond donors (Lipinski definition) is 1. The van der Waals surface area contributed by atoms with Crippen LogP contribution >= 0.6 is 0 Å². The molecule has 9 atom stereocenters. The second-order valence-corrected chi connectivity index (χ2v) is 14.6. The molecule has 5 aliphatic carbocycles. The minimum absolute atomic E-state index is 0.160. The summed E-state index contributed by atoms with van der Waals surface area (Å²) in [4.78, 5) is 12.7. The molecule has 180 valence electrons. The quantitative estimate of drug-likeness (QED) is 0.418. The second kappa shape index (κ2) is 6.88. The summed E-state index contributed by atoms with van der Waals surface area (Å²) in [7, 11) is 0. The van der Waals surface area contributed by atoms with Gasteiger partial charge in [0.05, 0.1) is 5.41 Å². The van der Waals surface area contributed by atoms with Gasteiger partial charge in [-0.05, 0) is 115 Å². The first-order valence-corrected chi connectivity index (χ1v) is 13.7. The Bertz CT molecular complexity index is 840. The summed E-state index contributed by atoms with van der Waals surface area (Å²) >= 11 is 0. The van der Waals surface area contributed by atoms with E-state index < -0.39 is 11.4 Å². The topological polar surface area (TPSA) is 37.3 Å². The van der Waals surface area contributed by atoms with E-state index in [2.05, 4.69) is 54.5 Å². The van der Waals surface area contributed by atoms with Crippen LogP contribution in [0.2, 0.25) is 0 Å². The SMILES string of the molecule is CC1[C@@H](C)CCC2(C)C3CC=C4C5CC(C)(C)CCC5(C(=O)O)CC[C@@]4(C)[C@@]3(C)CC[C@@H]12. The Kier molecular flexibility index (Phi) is 4.94. The van der Waals surface area contributed by atoms with Gasteiger partial charge in [-0.3, -0.25) is 4.79 Å². The summed E-state index contributed by atoms with van der Waals surface area (Å²) in [5.41, 5.74) is 2.20. The van der Waals surface area contributed by atoms with E-state index >= 15 is 0 Å². The van der Waals surface area contributed by atoms with Crippen molar-refractivity contribution in [3.8, 4) is 0 Å². The van der Waals surface area contributed by atoms with E-state index in [1.165, 1.54) is 32.1 Å². The Morgan fingerprint density at radius 1 is 0.938 bits per heavy atom. The normalized spacial score (nSPS) is 54.3. The molecule has 0 bridgehead atoms. The molecule has 0 heterocycles. The lowest BCUT2D eigenvalue weighted by Gasteiger charge is -2.70. The van der Waals surface area contributed by atoms with Gasteiger partial charge < -0.3 is 5.11 Å². The first kappa shape index (κ1) is 23.0. The molecule has 5 aliphatic rings. The van der Waals surface area contributed by atoms with Gasteiger partial charge in [0.1, 0.15) is 0 Å². The second-order valence-electron chi connectivity index (χ2n) is 14.6. The van der Waals surface area contributed by atoms with Crippen molar-refractivity contribution in [3.05, 3.63) is 11.6 Å². The Balaban J connectivity index is 1.59. The number of hydrogen-bond acceptors (Lipinski definition) is 1. The molecule has 0 aromatic rings. The minimum Gasteiger partial charge on any atom is -0.481 e. The summed E-state index contributed by atoms with van der Waals surface area (Å²) in [5.74, 6) is 3.01. The smallest absolute Gasteiger partial charge is 0.310 e. The van der Waals surface area contributed by atoms with Crippen molar-refractivity contribution in [1.29, 1.82) is 0 Å². The predicted molar refractivity (Wildman–Crippen MR) is 131 cm³/mol. The fourth-order valence-electron chi connectivity index (χ4n) is 10.4. The van der Waals surface area contributed by atoms with E-state index in [0.29, 0.717) is 10.8 Å². The molecule has 32 heavy (non-hydrogen) atoms. The zero-order valence-corrected chi connectivity index (χ0v) is 21.9. The molecule has 0 spiro atoms. The predicted octanol–water partition coefficient (Wildman–Crippen LogP) is 8.12. The molecule has 0 aliphatic heterocycles. The molecule has 5 rings (SSSR count). The number of rotatable bonds is 1. The highest BCUT2D eigenvalue weighted by atomic mass is 16.4. The van der Waals surface area contributed by atoms with E-state index in [-0.39, 0.29) is 16.7 Å². The Labute approximate surface area is 197 Å². The van der Waals surface area contributed by atoms with Gasteiger partial charge in [-0.25, -0.2) is 0 Å². The van der Waals surface area contributed by atoms with Crippen LogP contribution < -0.4 is 0 Å². The van der Waals surface area contributed by atoms with Crippen molar-refractivity contribution >= 4 is 5.97 Å². The molecule has 0 saturated heterocycles. The zero-order chi connectivity index (χ0) is 23.3. The number of carboxylic acids is 1. The van der Waals surface area contributed by atoms with Crippen molar-refractivity contribution in [2.45, 2.75) is 113 Å². The van der Waals surface area contributed by atoms with E-state index in [0.717, 1.165) is 55.8 Å². The Morgan fingerprint density at radius 3 is 2.31 bits per heavy atom. The van der Waals surface area contributed by atoms with E-state index in [1.807, 2.05) is 0 Å². The van der Waals surface area contributed by atoms with E-state index in [9.17, 15) is 9.90 Å².